The summed E-state index contributed by atoms with van der Waals surface area (Å²) in [7, 11) is 0. The van der Waals surface area contributed by atoms with E-state index in [9.17, 15) is 4.79 Å². The highest BCUT2D eigenvalue weighted by atomic mass is 16.2. The van der Waals surface area contributed by atoms with E-state index in [1.54, 1.807) is 0 Å². The molecule has 2 heterocycles. The maximum Gasteiger partial charge on any atom is 0.256 e. The van der Waals surface area contributed by atoms with Crippen LogP contribution in [0.25, 0.3) is 0 Å². The van der Waals surface area contributed by atoms with Gasteiger partial charge < -0.3 is 10.6 Å². The highest BCUT2D eigenvalue weighted by molar-refractivity contribution is 5.95. The molecule has 2 rings (SSSR count). The fraction of sp³-hybridized carbons (Fsp3) is 0.688. The molecule has 2 atom stereocenters. The normalized spacial score (nSPS) is 22.4. The molecule has 5 nitrogen and oxygen atoms in total. The fourth-order valence-electron chi connectivity index (χ4n) is 3.11. The Hall–Kier alpha value is -1.49. The standard InChI is InChI=1S/C16H26N4O/c1-4-12-6-7-20(13(9-12)10-17)16(21)14-8-11(3)18-19-15(14)5-2/h8,12-13H,4-7,9-10,17H2,1-3H3. The van der Waals surface area contributed by atoms with E-state index in [-0.39, 0.29) is 11.9 Å². The molecule has 0 aromatic carbocycles. The molecule has 1 aliphatic rings. The molecule has 1 aliphatic heterocycles. The molecular formula is C16H26N4O. The highest BCUT2D eigenvalue weighted by Crippen LogP contribution is 2.26. The van der Waals surface area contributed by atoms with E-state index in [4.69, 9.17) is 5.73 Å². The van der Waals surface area contributed by atoms with Crippen LogP contribution in [0.1, 0.15) is 54.9 Å². The van der Waals surface area contributed by atoms with Gasteiger partial charge in [-0.15, -0.1) is 0 Å². The molecule has 5 heteroatoms. The minimum atomic E-state index is 0.0647. The Kier molecular flexibility index (Phi) is 5.28. The van der Waals surface area contributed by atoms with Crippen LogP contribution >= 0.6 is 0 Å². The number of piperidine rings is 1. The van der Waals surface area contributed by atoms with Gasteiger partial charge in [0.15, 0.2) is 0 Å². The summed E-state index contributed by atoms with van der Waals surface area (Å²) in [6.45, 7) is 7.40. The average molecular weight is 290 g/mol. The molecule has 1 amide bonds. The van der Waals surface area contributed by atoms with Gasteiger partial charge in [-0.25, -0.2) is 0 Å². The largest absolute Gasteiger partial charge is 0.334 e. The Balaban J connectivity index is 2.24. The van der Waals surface area contributed by atoms with Crippen molar-refractivity contribution >= 4 is 5.91 Å². The molecule has 1 aromatic heterocycles. The van der Waals surface area contributed by atoms with Crippen molar-refractivity contribution in [2.45, 2.75) is 52.5 Å². The molecule has 0 radical (unpaired) electrons. The molecule has 21 heavy (non-hydrogen) atoms. The van der Waals surface area contributed by atoms with Gasteiger partial charge in [0.2, 0.25) is 0 Å². The van der Waals surface area contributed by atoms with Gasteiger partial charge in [-0.2, -0.15) is 10.2 Å². The first-order valence-electron chi connectivity index (χ1n) is 7.94. The molecule has 0 saturated carbocycles. The summed E-state index contributed by atoms with van der Waals surface area (Å²) >= 11 is 0. The Morgan fingerprint density at radius 2 is 2.19 bits per heavy atom. The zero-order valence-electron chi connectivity index (χ0n) is 13.3. The third-order valence-electron chi connectivity index (χ3n) is 4.49. The summed E-state index contributed by atoms with van der Waals surface area (Å²) in [6.07, 6.45) is 3.96. The van der Waals surface area contributed by atoms with E-state index in [1.165, 1.54) is 0 Å². The van der Waals surface area contributed by atoms with Crippen LogP contribution in [0.3, 0.4) is 0 Å². The number of nitrogens with zero attached hydrogens (tertiary/aromatic N) is 3. The van der Waals surface area contributed by atoms with Crippen molar-refractivity contribution in [1.29, 1.82) is 0 Å². The van der Waals surface area contributed by atoms with Gasteiger partial charge in [0.05, 0.1) is 17.0 Å². The van der Waals surface area contributed by atoms with E-state index in [0.29, 0.717) is 24.4 Å². The lowest BCUT2D eigenvalue weighted by molar-refractivity contribution is 0.0556. The topological polar surface area (TPSA) is 72.1 Å². The predicted molar refractivity (Wildman–Crippen MR) is 83.0 cm³/mol. The minimum absolute atomic E-state index is 0.0647. The van der Waals surface area contributed by atoms with Gasteiger partial charge in [0.1, 0.15) is 0 Å². The number of hydrogen-bond acceptors (Lipinski definition) is 4. The number of nitrogens with two attached hydrogens (primary N) is 1. The Morgan fingerprint density at radius 3 is 2.81 bits per heavy atom. The zero-order valence-corrected chi connectivity index (χ0v) is 13.3. The van der Waals surface area contributed by atoms with Crippen molar-refractivity contribution in [3.63, 3.8) is 0 Å². The summed E-state index contributed by atoms with van der Waals surface area (Å²) < 4.78 is 0. The number of aromatic nitrogens is 2. The first kappa shape index (κ1) is 15.9. The van der Waals surface area contributed by atoms with Crippen LogP contribution in [-0.4, -0.2) is 40.1 Å². The molecular weight excluding hydrogens is 264 g/mol. The molecule has 0 spiro atoms. The summed E-state index contributed by atoms with van der Waals surface area (Å²) in [5.41, 5.74) is 8.16. The summed E-state index contributed by atoms with van der Waals surface area (Å²) in [6, 6.07) is 2.00. The Morgan fingerprint density at radius 1 is 1.43 bits per heavy atom. The molecule has 1 saturated heterocycles. The third-order valence-corrected chi connectivity index (χ3v) is 4.49. The van der Waals surface area contributed by atoms with Crippen molar-refractivity contribution < 1.29 is 4.79 Å². The number of carbonyl (C=O) groups is 1. The maximum absolute atomic E-state index is 12.9. The number of amides is 1. The fourth-order valence-corrected chi connectivity index (χ4v) is 3.11. The molecule has 1 aromatic rings. The molecule has 1 fully saturated rings. The monoisotopic (exact) mass is 290 g/mol. The van der Waals surface area contributed by atoms with Gasteiger partial charge in [0.25, 0.3) is 5.91 Å². The van der Waals surface area contributed by atoms with Gasteiger partial charge in [0, 0.05) is 19.1 Å². The van der Waals surface area contributed by atoms with Crippen LogP contribution < -0.4 is 5.73 Å². The van der Waals surface area contributed by atoms with Crippen molar-refractivity contribution in [3.8, 4) is 0 Å². The number of likely N-dealkylation sites (tertiary alicyclic amines) is 1. The molecule has 0 bridgehead atoms. The number of aryl methyl sites for hydroxylation is 2. The second kappa shape index (κ2) is 6.98. The molecule has 2 unspecified atom stereocenters. The van der Waals surface area contributed by atoms with Crippen LogP contribution in [0, 0.1) is 12.8 Å². The van der Waals surface area contributed by atoms with Crippen molar-refractivity contribution in [2.75, 3.05) is 13.1 Å². The molecule has 0 aliphatic carbocycles. The van der Waals surface area contributed by atoms with Gasteiger partial charge in [-0.1, -0.05) is 20.3 Å². The quantitative estimate of drug-likeness (QED) is 0.919. The highest BCUT2D eigenvalue weighted by Gasteiger charge is 2.31. The zero-order chi connectivity index (χ0) is 15.4. The first-order chi connectivity index (χ1) is 10.1. The molecule has 116 valence electrons. The SMILES string of the molecule is CCc1nnc(C)cc1C(=O)N1CCC(CC)CC1CN. The van der Waals surface area contributed by atoms with E-state index in [0.717, 1.165) is 37.2 Å². The Labute approximate surface area is 126 Å². The lowest BCUT2D eigenvalue weighted by Gasteiger charge is -2.39. The lowest BCUT2D eigenvalue weighted by Crippen LogP contribution is -2.49. The van der Waals surface area contributed by atoms with Crippen LogP contribution in [0.15, 0.2) is 6.07 Å². The smallest absolute Gasteiger partial charge is 0.256 e. The van der Waals surface area contributed by atoms with Crippen molar-refractivity contribution in [1.82, 2.24) is 15.1 Å². The Bertz CT molecular complexity index is 503. The predicted octanol–water partition coefficient (Wildman–Crippen LogP) is 1.94. The van der Waals surface area contributed by atoms with Crippen molar-refractivity contribution in [2.24, 2.45) is 11.7 Å². The van der Waals surface area contributed by atoms with Crippen LogP contribution in [0.2, 0.25) is 0 Å². The van der Waals surface area contributed by atoms with Gasteiger partial charge >= 0.3 is 0 Å². The van der Waals surface area contributed by atoms with Gasteiger partial charge in [-0.3, -0.25) is 4.79 Å². The average Bonchev–Trinajstić information content (AvgIpc) is 2.53. The second-order valence-corrected chi connectivity index (χ2v) is 5.89. The summed E-state index contributed by atoms with van der Waals surface area (Å²) in [4.78, 5) is 14.8. The first-order valence-corrected chi connectivity index (χ1v) is 7.94. The number of carbonyl (C=O) groups excluding carboxylic acids is 1. The molecule has 2 N–H and O–H groups in total. The number of hydrogen-bond donors (Lipinski definition) is 1. The summed E-state index contributed by atoms with van der Waals surface area (Å²) in [5, 5.41) is 8.22. The third kappa shape index (κ3) is 3.40. The summed E-state index contributed by atoms with van der Waals surface area (Å²) in [5.74, 6) is 0.750. The van der Waals surface area contributed by atoms with E-state index >= 15 is 0 Å². The number of rotatable bonds is 4. The van der Waals surface area contributed by atoms with E-state index < -0.39 is 0 Å². The van der Waals surface area contributed by atoms with Crippen molar-refractivity contribution in [3.05, 3.63) is 23.0 Å². The van der Waals surface area contributed by atoms with Crippen LogP contribution in [0.5, 0.6) is 0 Å². The van der Waals surface area contributed by atoms with E-state index in [1.807, 2.05) is 24.8 Å². The lowest BCUT2D eigenvalue weighted by atomic mass is 9.88. The van der Waals surface area contributed by atoms with Crippen LogP contribution in [0.4, 0.5) is 0 Å². The second-order valence-electron chi connectivity index (χ2n) is 5.89. The van der Waals surface area contributed by atoms with Gasteiger partial charge in [-0.05, 0) is 38.2 Å². The minimum Gasteiger partial charge on any atom is -0.334 e. The van der Waals surface area contributed by atoms with Crippen LogP contribution in [-0.2, 0) is 6.42 Å². The maximum atomic E-state index is 12.9. The van der Waals surface area contributed by atoms with E-state index in [2.05, 4.69) is 17.1 Å².